The van der Waals surface area contributed by atoms with Crippen LogP contribution in [-0.4, -0.2) is 6.04 Å². The Morgan fingerprint density at radius 2 is 2.12 bits per heavy atom. The highest BCUT2D eigenvalue weighted by Crippen LogP contribution is 2.35. The van der Waals surface area contributed by atoms with Gasteiger partial charge in [0.05, 0.1) is 0 Å². The zero-order chi connectivity index (χ0) is 12.3. The Bertz CT molecular complexity index is 368. The second-order valence-corrected chi connectivity index (χ2v) is 6.16. The lowest BCUT2D eigenvalue weighted by atomic mass is 9.73. The molecule has 1 fully saturated rings. The first-order valence-corrected chi connectivity index (χ1v) is 6.87. The molecule has 0 spiro atoms. The van der Waals surface area contributed by atoms with Gasteiger partial charge < -0.3 is 5.32 Å². The fourth-order valence-electron chi connectivity index (χ4n) is 2.94. The number of nitrogens with one attached hydrogen (secondary N) is 1. The van der Waals surface area contributed by atoms with Gasteiger partial charge in [0.15, 0.2) is 0 Å². The van der Waals surface area contributed by atoms with Crippen molar-refractivity contribution in [2.75, 3.05) is 0 Å². The molecule has 0 radical (unpaired) electrons. The minimum atomic E-state index is 0.460. The maximum absolute atomic E-state index is 3.76. The molecular weight excluding hydrogens is 206 g/mol. The first-order valence-electron chi connectivity index (χ1n) is 6.87. The van der Waals surface area contributed by atoms with Crippen LogP contribution in [0.25, 0.3) is 0 Å². The largest absolute Gasteiger partial charge is 0.309 e. The third kappa shape index (κ3) is 3.32. The van der Waals surface area contributed by atoms with Gasteiger partial charge >= 0.3 is 0 Å². The molecule has 1 heteroatoms. The Morgan fingerprint density at radius 3 is 2.82 bits per heavy atom. The molecule has 0 heterocycles. The molecule has 1 aromatic rings. The highest BCUT2D eigenvalue weighted by molar-refractivity contribution is 5.22. The lowest BCUT2D eigenvalue weighted by Crippen LogP contribution is -2.43. The molecule has 1 atom stereocenters. The fourth-order valence-corrected chi connectivity index (χ4v) is 2.94. The molecule has 1 aliphatic carbocycles. The highest BCUT2D eigenvalue weighted by Gasteiger charge is 2.31. The van der Waals surface area contributed by atoms with Crippen molar-refractivity contribution in [3.63, 3.8) is 0 Å². The minimum Gasteiger partial charge on any atom is -0.309 e. The van der Waals surface area contributed by atoms with Crippen molar-refractivity contribution < 1.29 is 0 Å². The second-order valence-electron chi connectivity index (χ2n) is 6.16. The topological polar surface area (TPSA) is 12.0 Å². The summed E-state index contributed by atoms with van der Waals surface area (Å²) in [6.45, 7) is 7.98. The van der Waals surface area contributed by atoms with Crippen LogP contribution in [0.15, 0.2) is 24.3 Å². The Labute approximate surface area is 106 Å². The lowest BCUT2D eigenvalue weighted by molar-refractivity contribution is 0.167. The van der Waals surface area contributed by atoms with Crippen molar-refractivity contribution >= 4 is 0 Å². The molecule has 1 N–H and O–H groups in total. The summed E-state index contributed by atoms with van der Waals surface area (Å²) in [7, 11) is 0. The van der Waals surface area contributed by atoms with Crippen molar-refractivity contribution in [1.29, 1.82) is 0 Å². The van der Waals surface area contributed by atoms with Crippen LogP contribution in [0, 0.1) is 12.3 Å². The summed E-state index contributed by atoms with van der Waals surface area (Å²) in [6.07, 6.45) is 5.47. The molecule has 94 valence electrons. The summed E-state index contributed by atoms with van der Waals surface area (Å²) in [5.41, 5.74) is 3.22. The van der Waals surface area contributed by atoms with E-state index in [1.807, 2.05) is 0 Å². The van der Waals surface area contributed by atoms with E-state index in [1.165, 1.54) is 36.8 Å². The van der Waals surface area contributed by atoms with Crippen LogP contribution >= 0.6 is 0 Å². The maximum Gasteiger partial charge on any atom is 0.0208 e. The van der Waals surface area contributed by atoms with Gasteiger partial charge in [0.25, 0.3) is 0 Å². The van der Waals surface area contributed by atoms with Crippen LogP contribution < -0.4 is 5.32 Å². The maximum atomic E-state index is 3.76. The third-order valence-corrected chi connectivity index (χ3v) is 4.14. The van der Waals surface area contributed by atoms with Crippen molar-refractivity contribution in [2.24, 2.45) is 5.41 Å². The molecule has 1 aromatic carbocycles. The number of hydrogen-bond acceptors (Lipinski definition) is 1. The first-order chi connectivity index (χ1) is 8.08. The molecule has 0 bridgehead atoms. The molecule has 1 unspecified atom stereocenters. The van der Waals surface area contributed by atoms with Crippen molar-refractivity contribution in [2.45, 2.75) is 59.0 Å². The van der Waals surface area contributed by atoms with E-state index in [4.69, 9.17) is 0 Å². The van der Waals surface area contributed by atoms with Crippen molar-refractivity contribution in [3.05, 3.63) is 35.4 Å². The molecule has 17 heavy (non-hydrogen) atoms. The third-order valence-electron chi connectivity index (χ3n) is 4.14. The highest BCUT2D eigenvalue weighted by atomic mass is 14.9. The van der Waals surface area contributed by atoms with Gasteiger partial charge in [0, 0.05) is 12.6 Å². The van der Waals surface area contributed by atoms with Gasteiger partial charge in [-0.25, -0.2) is 0 Å². The van der Waals surface area contributed by atoms with E-state index in [1.54, 1.807) is 0 Å². The van der Waals surface area contributed by atoms with E-state index in [9.17, 15) is 0 Å². The summed E-state index contributed by atoms with van der Waals surface area (Å²) in [4.78, 5) is 0. The van der Waals surface area contributed by atoms with Crippen LogP contribution in [0.3, 0.4) is 0 Å². The zero-order valence-corrected chi connectivity index (χ0v) is 11.4. The van der Waals surface area contributed by atoms with Crippen LogP contribution in [0.1, 0.15) is 50.7 Å². The summed E-state index contributed by atoms with van der Waals surface area (Å²) in [5.74, 6) is 0. The molecular formula is C16H25N. The monoisotopic (exact) mass is 231 g/mol. The number of benzene rings is 1. The van der Waals surface area contributed by atoms with E-state index in [-0.39, 0.29) is 0 Å². The summed E-state index contributed by atoms with van der Waals surface area (Å²) >= 11 is 0. The lowest BCUT2D eigenvalue weighted by Gasteiger charge is -2.39. The predicted octanol–water partition coefficient (Wildman–Crippen LogP) is 4.05. The average Bonchev–Trinajstić information content (AvgIpc) is 2.27. The summed E-state index contributed by atoms with van der Waals surface area (Å²) in [6, 6.07) is 9.49. The van der Waals surface area contributed by atoms with Crippen LogP contribution in [-0.2, 0) is 6.54 Å². The van der Waals surface area contributed by atoms with Crippen LogP contribution in [0.4, 0.5) is 0 Å². The summed E-state index contributed by atoms with van der Waals surface area (Å²) in [5, 5.41) is 3.76. The van der Waals surface area contributed by atoms with Crippen molar-refractivity contribution in [1.82, 2.24) is 5.32 Å². The van der Waals surface area contributed by atoms with Gasteiger partial charge in [-0.15, -0.1) is 0 Å². The second kappa shape index (κ2) is 5.22. The molecule has 0 aromatic heterocycles. The Kier molecular flexibility index (Phi) is 3.88. The van der Waals surface area contributed by atoms with E-state index in [0.717, 1.165) is 6.54 Å². The van der Waals surface area contributed by atoms with Crippen LogP contribution in [0.5, 0.6) is 0 Å². The molecule has 0 saturated heterocycles. The smallest absolute Gasteiger partial charge is 0.0208 e. The minimum absolute atomic E-state index is 0.460. The molecule has 1 nitrogen and oxygen atoms in total. The molecule has 2 rings (SSSR count). The van der Waals surface area contributed by atoms with Gasteiger partial charge in [-0.1, -0.05) is 56.5 Å². The van der Waals surface area contributed by atoms with Gasteiger partial charge in [-0.05, 0) is 30.7 Å². The molecule has 1 saturated carbocycles. The van der Waals surface area contributed by atoms with Gasteiger partial charge in [-0.2, -0.15) is 0 Å². The fraction of sp³-hybridized carbons (Fsp3) is 0.625. The Morgan fingerprint density at radius 1 is 1.29 bits per heavy atom. The number of aryl methyl sites for hydroxylation is 1. The molecule has 1 aliphatic rings. The quantitative estimate of drug-likeness (QED) is 0.827. The van der Waals surface area contributed by atoms with Gasteiger partial charge in [-0.3, -0.25) is 0 Å². The van der Waals surface area contributed by atoms with E-state index in [0.29, 0.717) is 11.5 Å². The number of hydrogen-bond donors (Lipinski definition) is 1. The first kappa shape index (κ1) is 12.6. The normalized spacial score (nSPS) is 23.6. The Balaban J connectivity index is 1.93. The Hall–Kier alpha value is -0.820. The predicted molar refractivity (Wildman–Crippen MR) is 74.1 cm³/mol. The average molecular weight is 231 g/mol. The van der Waals surface area contributed by atoms with Crippen LogP contribution in [0.2, 0.25) is 0 Å². The van der Waals surface area contributed by atoms with E-state index >= 15 is 0 Å². The van der Waals surface area contributed by atoms with Gasteiger partial charge in [0.2, 0.25) is 0 Å². The molecule has 0 aliphatic heterocycles. The summed E-state index contributed by atoms with van der Waals surface area (Å²) < 4.78 is 0. The molecule has 0 amide bonds. The van der Waals surface area contributed by atoms with Crippen molar-refractivity contribution in [3.8, 4) is 0 Å². The van der Waals surface area contributed by atoms with E-state index < -0.39 is 0 Å². The van der Waals surface area contributed by atoms with E-state index in [2.05, 4.69) is 50.4 Å². The zero-order valence-electron chi connectivity index (χ0n) is 11.4. The number of rotatable bonds is 3. The SMILES string of the molecule is Cc1cccc(CNC2CCCCC2(C)C)c1. The van der Waals surface area contributed by atoms with Gasteiger partial charge in [0.1, 0.15) is 0 Å². The standard InChI is InChI=1S/C16H25N/c1-13-7-6-8-14(11-13)12-17-15-9-4-5-10-16(15,2)3/h6-8,11,15,17H,4-5,9-10,12H2,1-3H3.